The van der Waals surface area contributed by atoms with Crippen LogP contribution in [0, 0.1) is 17.0 Å². The first kappa shape index (κ1) is 13.7. The molecule has 104 valence electrons. The van der Waals surface area contributed by atoms with Gasteiger partial charge in [-0.3, -0.25) is 29.8 Å². The normalized spacial score (nSPS) is 14.9. The Bertz CT molecular complexity index is 610. The van der Waals surface area contributed by atoms with E-state index in [2.05, 4.69) is 5.32 Å². The van der Waals surface area contributed by atoms with E-state index in [9.17, 15) is 24.5 Å². The third-order valence-corrected chi connectivity index (χ3v) is 2.97. The van der Waals surface area contributed by atoms with E-state index in [1.54, 1.807) is 0 Å². The molecule has 3 amide bonds. The van der Waals surface area contributed by atoms with Crippen molar-refractivity contribution < 1.29 is 19.3 Å². The van der Waals surface area contributed by atoms with Crippen molar-refractivity contribution in [3.63, 3.8) is 0 Å². The standard InChI is InChI=1S/C12H11N3O5/c1-7-8(3-2-4-9(7)15(19)20)12(18)14-5-10(16)13-11(17)6-14/h2-4H,5-6H2,1H3,(H,13,16,17). The summed E-state index contributed by atoms with van der Waals surface area (Å²) >= 11 is 0. The number of nitro groups is 1. The molecule has 0 saturated carbocycles. The fourth-order valence-electron chi connectivity index (χ4n) is 2.00. The quantitative estimate of drug-likeness (QED) is 0.465. The Hall–Kier alpha value is -2.77. The molecule has 0 spiro atoms. The Morgan fingerprint density at radius 2 is 1.90 bits per heavy atom. The largest absolute Gasteiger partial charge is 0.320 e. The molecule has 0 bridgehead atoms. The molecule has 0 aromatic heterocycles. The fourth-order valence-corrected chi connectivity index (χ4v) is 2.00. The highest BCUT2D eigenvalue weighted by molar-refractivity contribution is 6.06. The van der Waals surface area contributed by atoms with Crippen molar-refractivity contribution in [3.05, 3.63) is 39.4 Å². The number of amides is 3. The maximum Gasteiger partial charge on any atom is 0.273 e. The van der Waals surface area contributed by atoms with Crippen LogP contribution >= 0.6 is 0 Å². The minimum atomic E-state index is -0.583. The van der Waals surface area contributed by atoms with Crippen LogP contribution in [-0.2, 0) is 9.59 Å². The van der Waals surface area contributed by atoms with Gasteiger partial charge in [0.1, 0.15) is 13.1 Å². The van der Waals surface area contributed by atoms with Crippen LogP contribution in [0.2, 0.25) is 0 Å². The van der Waals surface area contributed by atoms with E-state index >= 15 is 0 Å². The van der Waals surface area contributed by atoms with Crippen molar-refractivity contribution in [2.75, 3.05) is 13.1 Å². The second-order valence-electron chi connectivity index (χ2n) is 4.34. The molecule has 0 unspecified atom stereocenters. The second-order valence-corrected chi connectivity index (χ2v) is 4.34. The van der Waals surface area contributed by atoms with Crippen molar-refractivity contribution >= 4 is 23.4 Å². The summed E-state index contributed by atoms with van der Waals surface area (Å²) < 4.78 is 0. The molecule has 1 aromatic carbocycles. The first-order chi connectivity index (χ1) is 9.40. The van der Waals surface area contributed by atoms with Crippen LogP contribution in [0.1, 0.15) is 15.9 Å². The van der Waals surface area contributed by atoms with Gasteiger partial charge in [-0.15, -0.1) is 0 Å². The summed E-state index contributed by atoms with van der Waals surface area (Å²) in [6, 6.07) is 4.12. The van der Waals surface area contributed by atoms with Crippen LogP contribution in [-0.4, -0.2) is 40.6 Å². The minimum Gasteiger partial charge on any atom is -0.320 e. The predicted molar refractivity (Wildman–Crippen MR) is 66.9 cm³/mol. The van der Waals surface area contributed by atoms with Crippen LogP contribution in [0.4, 0.5) is 5.69 Å². The molecule has 2 rings (SSSR count). The van der Waals surface area contributed by atoms with Gasteiger partial charge in [0.25, 0.3) is 11.6 Å². The molecule has 0 radical (unpaired) electrons. The van der Waals surface area contributed by atoms with E-state index in [4.69, 9.17) is 0 Å². The van der Waals surface area contributed by atoms with Gasteiger partial charge in [0, 0.05) is 17.2 Å². The summed E-state index contributed by atoms with van der Waals surface area (Å²) in [7, 11) is 0. The van der Waals surface area contributed by atoms with Crippen molar-refractivity contribution in [3.8, 4) is 0 Å². The number of benzene rings is 1. The number of nitrogens with one attached hydrogen (secondary N) is 1. The van der Waals surface area contributed by atoms with Crippen LogP contribution in [0.25, 0.3) is 0 Å². The molecule has 1 N–H and O–H groups in total. The molecule has 1 aliphatic heterocycles. The number of imide groups is 1. The Labute approximate surface area is 113 Å². The smallest absolute Gasteiger partial charge is 0.273 e. The van der Waals surface area contributed by atoms with E-state index in [1.807, 2.05) is 0 Å². The number of nitrogens with zero attached hydrogens (tertiary/aromatic N) is 2. The topological polar surface area (TPSA) is 110 Å². The minimum absolute atomic E-state index is 0.113. The summed E-state index contributed by atoms with van der Waals surface area (Å²) in [6.45, 7) is 0.969. The number of hydrogen-bond acceptors (Lipinski definition) is 5. The van der Waals surface area contributed by atoms with Gasteiger partial charge in [-0.05, 0) is 13.0 Å². The summed E-state index contributed by atoms with van der Waals surface area (Å²) in [5, 5.41) is 12.9. The molecular formula is C12H11N3O5. The predicted octanol–water partition coefficient (Wildman–Crippen LogP) is 0.00182. The first-order valence-corrected chi connectivity index (χ1v) is 5.76. The van der Waals surface area contributed by atoms with Crippen LogP contribution < -0.4 is 5.32 Å². The van der Waals surface area contributed by atoms with Gasteiger partial charge in [0.05, 0.1) is 4.92 Å². The van der Waals surface area contributed by atoms with E-state index in [0.717, 1.165) is 4.90 Å². The zero-order chi connectivity index (χ0) is 14.9. The molecule has 1 heterocycles. The average molecular weight is 277 g/mol. The van der Waals surface area contributed by atoms with Crippen molar-refractivity contribution in [2.45, 2.75) is 6.92 Å². The maximum absolute atomic E-state index is 12.3. The van der Waals surface area contributed by atoms with Crippen LogP contribution in [0.15, 0.2) is 18.2 Å². The number of hydrogen-bond donors (Lipinski definition) is 1. The highest BCUT2D eigenvalue weighted by atomic mass is 16.6. The lowest BCUT2D eigenvalue weighted by molar-refractivity contribution is -0.385. The Balaban J connectivity index is 2.34. The average Bonchev–Trinajstić information content (AvgIpc) is 2.36. The molecule has 20 heavy (non-hydrogen) atoms. The fraction of sp³-hybridized carbons (Fsp3) is 0.250. The molecule has 1 aliphatic rings. The summed E-state index contributed by atoms with van der Waals surface area (Å²) in [4.78, 5) is 46.1. The van der Waals surface area contributed by atoms with Gasteiger partial charge in [0.15, 0.2) is 0 Å². The molecule has 1 fully saturated rings. The molecule has 1 saturated heterocycles. The first-order valence-electron chi connectivity index (χ1n) is 5.76. The van der Waals surface area contributed by atoms with Gasteiger partial charge in [-0.1, -0.05) is 6.07 Å². The van der Waals surface area contributed by atoms with Crippen molar-refractivity contribution in [2.24, 2.45) is 0 Å². The highest BCUT2D eigenvalue weighted by Gasteiger charge is 2.29. The van der Waals surface area contributed by atoms with E-state index in [1.165, 1.54) is 25.1 Å². The van der Waals surface area contributed by atoms with Gasteiger partial charge in [0.2, 0.25) is 11.8 Å². The Morgan fingerprint density at radius 3 is 2.45 bits per heavy atom. The Morgan fingerprint density at radius 1 is 1.30 bits per heavy atom. The zero-order valence-corrected chi connectivity index (χ0v) is 10.6. The molecule has 0 aliphatic carbocycles. The molecule has 8 nitrogen and oxygen atoms in total. The monoisotopic (exact) mass is 277 g/mol. The number of carbonyl (C=O) groups is 3. The van der Waals surface area contributed by atoms with Crippen molar-refractivity contribution in [1.29, 1.82) is 0 Å². The maximum atomic E-state index is 12.3. The lowest BCUT2D eigenvalue weighted by Crippen LogP contribution is -2.53. The molecule has 0 atom stereocenters. The molecule has 1 aromatic rings. The van der Waals surface area contributed by atoms with Crippen molar-refractivity contribution in [1.82, 2.24) is 10.2 Å². The summed E-state index contributed by atoms with van der Waals surface area (Å²) in [6.07, 6.45) is 0. The van der Waals surface area contributed by atoms with Gasteiger partial charge in [-0.2, -0.15) is 0 Å². The molecular weight excluding hydrogens is 266 g/mol. The zero-order valence-electron chi connectivity index (χ0n) is 10.6. The van der Waals surface area contributed by atoms with E-state index in [0.29, 0.717) is 0 Å². The summed E-state index contributed by atoms with van der Waals surface area (Å²) in [5.74, 6) is -1.72. The third kappa shape index (κ3) is 2.48. The number of piperazine rings is 1. The third-order valence-electron chi connectivity index (χ3n) is 2.97. The van der Waals surface area contributed by atoms with Crippen LogP contribution in [0.3, 0.4) is 0 Å². The number of nitro benzene ring substituents is 1. The lowest BCUT2D eigenvalue weighted by Gasteiger charge is -2.25. The SMILES string of the molecule is Cc1c(C(=O)N2CC(=O)NC(=O)C2)cccc1[N+](=O)[O-]. The Kier molecular flexibility index (Phi) is 3.47. The van der Waals surface area contributed by atoms with Crippen LogP contribution in [0.5, 0.6) is 0 Å². The van der Waals surface area contributed by atoms with Gasteiger partial charge in [-0.25, -0.2) is 0 Å². The van der Waals surface area contributed by atoms with Gasteiger partial charge >= 0.3 is 0 Å². The second kappa shape index (κ2) is 5.08. The lowest BCUT2D eigenvalue weighted by atomic mass is 10.1. The van der Waals surface area contributed by atoms with E-state index < -0.39 is 22.6 Å². The van der Waals surface area contributed by atoms with E-state index in [-0.39, 0.29) is 29.9 Å². The molecule has 8 heteroatoms. The number of rotatable bonds is 2. The summed E-state index contributed by atoms with van der Waals surface area (Å²) in [5.41, 5.74) is 0.145. The number of carbonyl (C=O) groups excluding carboxylic acids is 3. The highest BCUT2D eigenvalue weighted by Crippen LogP contribution is 2.22. The van der Waals surface area contributed by atoms with Gasteiger partial charge < -0.3 is 4.90 Å².